The lowest BCUT2D eigenvalue weighted by Crippen LogP contribution is -2.53. The monoisotopic (exact) mass is 444 g/mol. The Bertz CT molecular complexity index is 737. The molecular weight excluding hydrogens is 396 g/mol. The predicted molar refractivity (Wildman–Crippen MR) is 130 cm³/mol. The third-order valence-corrected chi connectivity index (χ3v) is 10.6. The molecule has 0 aromatic carbocycles. The van der Waals surface area contributed by atoms with Gasteiger partial charge in [-0.25, -0.2) is 0 Å². The first-order chi connectivity index (χ1) is 15.0. The Hall–Kier alpha value is -0.830. The summed E-state index contributed by atoms with van der Waals surface area (Å²) in [6, 6.07) is 0. The van der Waals surface area contributed by atoms with Crippen LogP contribution in [0, 0.1) is 40.4 Å². The molecule has 8 unspecified atom stereocenters. The van der Waals surface area contributed by atoms with Gasteiger partial charge in [-0.15, -0.1) is 0 Å². The molecule has 4 aliphatic carbocycles. The van der Waals surface area contributed by atoms with Crippen molar-refractivity contribution in [2.45, 2.75) is 124 Å². The van der Waals surface area contributed by atoms with Crippen LogP contribution in [0.4, 0.5) is 0 Å². The standard InChI is InChI=1S/C29H48O3/c1-19(2)8-7-15-29(6,31)26-12-11-24-23-10-9-21-18-22(32-20(3)30)13-16-27(21,4)25(23)14-17-28(24,26)5/h9,19,22-26,31H,7-8,10-18H2,1-6H3. The van der Waals surface area contributed by atoms with E-state index in [1.54, 1.807) is 5.57 Å². The topological polar surface area (TPSA) is 46.5 Å². The quantitative estimate of drug-likeness (QED) is 0.352. The number of rotatable bonds is 6. The molecular formula is C29H48O3. The second-order valence-corrected chi connectivity index (χ2v) is 13.1. The van der Waals surface area contributed by atoms with Crippen molar-refractivity contribution in [1.82, 2.24) is 0 Å². The summed E-state index contributed by atoms with van der Waals surface area (Å²) in [5, 5.41) is 11.6. The molecule has 32 heavy (non-hydrogen) atoms. The summed E-state index contributed by atoms with van der Waals surface area (Å²) in [5.74, 6) is 3.26. The van der Waals surface area contributed by atoms with Crippen molar-refractivity contribution in [3.05, 3.63) is 11.6 Å². The van der Waals surface area contributed by atoms with Crippen LogP contribution < -0.4 is 0 Å². The van der Waals surface area contributed by atoms with Gasteiger partial charge >= 0.3 is 5.97 Å². The van der Waals surface area contributed by atoms with E-state index in [1.807, 2.05) is 0 Å². The summed E-state index contributed by atoms with van der Waals surface area (Å²) in [6.45, 7) is 13.3. The number of hydrogen-bond donors (Lipinski definition) is 1. The fraction of sp³-hybridized carbons (Fsp3) is 0.897. The minimum atomic E-state index is -0.535. The minimum absolute atomic E-state index is 0.0778. The molecule has 4 aliphatic rings. The summed E-state index contributed by atoms with van der Waals surface area (Å²) >= 11 is 0. The maximum atomic E-state index is 11.6. The van der Waals surface area contributed by atoms with Crippen LogP contribution in [-0.2, 0) is 9.53 Å². The summed E-state index contributed by atoms with van der Waals surface area (Å²) in [5.41, 5.74) is 1.58. The van der Waals surface area contributed by atoms with E-state index in [0.717, 1.165) is 49.9 Å². The Morgan fingerprint density at radius 2 is 1.94 bits per heavy atom. The first-order valence-electron chi connectivity index (χ1n) is 13.6. The van der Waals surface area contributed by atoms with Gasteiger partial charge in [0.2, 0.25) is 0 Å². The van der Waals surface area contributed by atoms with Crippen molar-refractivity contribution in [3.8, 4) is 0 Å². The number of carbonyl (C=O) groups excluding carboxylic acids is 1. The molecule has 4 rings (SSSR count). The SMILES string of the molecule is CC(=O)OC1CCC2(C)C(=CCC3C2CCC2(C)C3CCC2C(C)(O)CCCC(C)C)C1. The lowest BCUT2D eigenvalue weighted by molar-refractivity contribution is -0.149. The summed E-state index contributed by atoms with van der Waals surface area (Å²) in [7, 11) is 0. The molecule has 0 bridgehead atoms. The fourth-order valence-electron chi connectivity index (χ4n) is 9.03. The molecule has 0 aromatic heterocycles. The summed E-state index contributed by atoms with van der Waals surface area (Å²) < 4.78 is 5.60. The zero-order valence-corrected chi connectivity index (χ0v) is 21.6. The highest BCUT2D eigenvalue weighted by Gasteiger charge is 2.61. The van der Waals surface area contributed by atoms with Crippen LogP contribution >= 0.6 is 0 Å². The number of ether oxygens (including phenoxy) is 1. The molecule has 0 saturated heterocycles. The molecule has 0 aliphatic heterocycles. The van der Waals surface area contributed by atoms with E-state index in [9.17, 15) is 9.90 Å². The van der Waals surface area contributed by atoms with Crippen molar-refractivity contribution in [2.24, 2.45) is 40.4 Å². The second-order valence-electron chi connectivity index (χ2n) is 13.1. The van der Waals surface area contributed by atoms with Gasteiger partial charge in [0.1, 0.15) is 6.10 Å². The van der Waals surface area contributed by atoms with Crippen molar-refractivity contribution < 1.29 is 14.6 Å². The minimum Gasteiger partial charge on any atom is -0.462 e. The molecule has 0 amide bonds. The predicted octanol–water partition coefficient (Wildman–Crippen LogP) is 7.07. The zero-order chi connectivity index (χ0) is 23.3. The molecule has 3 fully saturated rings. The van der Waals surface area contributed by atoms with Gasteiger partial charge < -0.3 is 9.84 Å². The highest BCUT2D eigenvalue weighted by atomic mass is 16.5. The normalized spacial score (nSPS) is 43.0. The average Bonchev–Trinajstić information content (AvgIpc) is 3.05. The molecule has 0 aromatic rings. The molecule has 0 heterocycles. The number of aliphatic hydroxyl groups is 1. The Kier molecular flexibility index (Phi) is 6.64. The van der Waals surface area contributed by atoms with E-state index < -0.39 is 5.60 Å². The Morgan fingerprint density at radius 3 is 2.62 bits per heavy atom. The van der Waals surface area contributed by atoms with Gasteiger partial charge in [-0.05, 0) is 98.7 Å². The van der Waals surface area contributed by atoms with Crippen LogP contribution in [0.5, 0.6) is 0 Å². The van der Waals surface area contributed by atoms with E-state index in [1.165, 1.54) is 45.4 Å². The molecule has 3 heteroatoms. The van der Waals surface area contributed by atoms with E-state index >= 15 is 0 Å². The number of hydrogen-bond acceptors (Lipinski definition) is 3. The van der Waals surface area contributed by atoms with Crippen LogP contribution in [-0.4, -0.2) is 22.8 Å². The molecule has 0 spiro atoms. The third-order valence-electron chi connectivity index (χ3n) is 10.6. The third kappa shape index (κ3) is 4.21. The van der Waals surface area contributed by atoms with Crippen LogP contribution in [0.3, 0.4) is 0 Å². The fourth-order valence-corrected chi connectivity index (χ4v) is 9.03. The Morgan fingerprint density at radius 1 is 1.19 bits per heavy atom. The van der Waals surface area contributed by atoms with E-state index in [0.29, 0.717) is 11.8 Å². The van der Waals surface area contributed by atoms with Crippen molar-refractivity contribution in [1.29, 1.82) is 0 Å². The Labute approximate surface area is 196 Å². The molecule has 8 atom stereocenters. The maximum absolute atomic E-state index is 11.6. The first-order valence-corrected chi connectivity index (χ1v) is 13.6. The largest absolute Gasteiger partial charge is 0.462 e. The van der Waals surface area contributed by atoms with Crippen LogP contribution in [0.15, 0.2) is 11.6 Å². The Balaban J connectivity index is 1.50. The molecule has 3 saturated carbocycles. The molecule has 182 valence electrons. The number of allylic oxidation sites excluding steroid dienone is 1. The molecule has 0 radical (unpaired) electrons. The van der Waals surface area contributed by atoms with Gasteiger partial charge in [0.25, 0.3) is 0 Å². The van der Waals surface area contributed by atoms with E-state index in [2.05, 4.69) is 40.7 Å². The number of carbonyl (C=O) groups is 1. The van der Waals surface area contributed by atoms with Gasteiger partial charge in [-0.2, -0.15) is 0 Å². The first kappa shape index (κ1) is 24.3. The zero-order valence-electron chi connectivity index (χ0n) is 21.6. The molecule has 3 nitrogen and oxygen atoms in total. The van der Waals surface area contributed by atoms with Crippen LogP contribution in [0.1, 0.15) is 112 Å². The highest BCUT2D eigenvalue weighted by Crippen LogP contribution is 2.67. The lowest BCUT2D eigenvalue weighted by Gasteiger charge is -2.59. The molecule has 1 N–H and O–H groups in total. The van der Waals surface area contributed by atoms with Gasteiger partial charge in [0, 0.05) is 13.3 Å². The van der Waals surface area contributed by atoms with Crippen LogP contribution in [0.2, 0.25) is 0 Å². The van der Waals surface area contributed by atoms with Gasteiger partial charge in [-0.3, -0.25) is 4.79 Å². The summed E-state index contributed by atoms with van der Waals surface area (Å²) in [4.78, 5) is 11.5. The van der Waals surface area contributed by atoms with Crippen molar-refractivity contribution >= 4 is 5.97 Å². The maximum Gasteiger partial charge on any atom is 0.302 e. The van der Waals surface area contributed by atoms with Gasteiger partial charge in [0.05, 0.1) is 5.60 Å². The van der Waals surface area contributed by atoms with E-state index in [4.69, 9.17) is 4.74 Å². The van der Waals surface area contributed by atoms with Crippen molar-refractivity contribution in [2.75, 3.05) is 0 Å². The lowest BCUT2D eigenvalue weighted by atomic mass is 9.46. The van der Waals surface area contributed by atoms with Gasteiger partial charge in [0.15, 0.2) is 0 Å². The smallest absolute Gasteiger partial charge is 0.302 e. The van der Waals surface area contributed by atoms with Crippen molar-refractivity contribution in [3.63, 3.8) is 0 Å². The van der Waals surface area contributed by atoms with Gasteiger partial charge in [-0.1, -0.05) is 52.2 Å². The highest BCUT2D eigenvalue weighted by molar-refractivity contribution is 5.66. The average molecular weight is 445 g/mol. The van der Waals surface area contributed by atoms with E-state index in [-0.39, 0.29) is 22.9 Å². The number of esters is 1. The summed E-state index contributed by atoms with van der Waals surface area (Å²) in [6.07, 6.45) is 15.2. The second kappa shape index (κ2) is 8.75. The van der Waals surface area contributed by atoms with Crippen LogP contribution in [0.25, 0.3) is 0 Å². The number of fused-ring (bicyclic) bond motifs is 5.